The van der Waals surface area contributed by atoms with Gasteiger partial charge in [0.05, 0.1) is 14.2 Å². The van der Waals surface area contributed by atoms with Crippen LogP contribution in [-0.4, -0.2) is 14.2 Å². The lowest BCUT2D eigenvalue weighted by molar-refractivity contribution is 0.402. The van der Waals surface area contributed by atoms with E-state index in [0.717, 1.165) is 22.6 Å². The van der Waals surface area contributed by atoms with Gasteiger partial charge in [-0.1, -0.05) is 6.58 Å². The first-order valence-electron chi connectivity index (χ1n) is 4.07. The fourth-order valence-corrected chi connectivity index (χ4v) is 1.15. The Kier molecular flexibility index (Phi) is 2.96. The van der Waals surface area contributed by atoms with Crippen LogP contribution in [0.2, 0.25) is 0 Å². The minimum Gasteiger partial charge on any atom is -0.497 e. The van der Waals surface area contributed by atoms with Crippen molar-refractivity contribution in [3.8, 4) is 11.5 Å². The van der Waals surface area contributed by atoms with E-state index in [1.165, 1.54) is 0 Å². The fraction of sp³-hybridized carbons (Fsp3) is 0.273. The van der Waals surface area contributed by atoms with Gasteiger partial charge in [-0.15, -0.1) is 0 Å². The second kappa shape index (κ2) is 3.99. The molecule has 13 heavy (non-hydrogen) atoms. The molecule has 0 atom stereocenters. The molecule has 1 aromatic carbocycles. The Morgan fingerprint density at radius 1 is 1.23 bits per heavy atom. The molecule has 0 heterocycles. The van der Waals surface area contributed by atoms with Crippen molar-refractivity contribution in [2.24, 2.45) is 0 Å². The highest BCUT2D eigenvalue weighted by Gasteiger charge is 2.04. The number of allylic oxidation sites excluding steroid dienone is 1. The smallest absolute Gasteiger partial charge is 0.126 e. The summed E-state index contributed by atoms with van der Waals surface area (Å²) < 4.78 is 10.3. The van der Waals surface area contributed by atoms with Crippen LogP contribution in [0.5, 0.6) is 11.5 Å². The predicted molar refractivity (Wildman–Crippen MR) is 54.3 cm³/mol. The van der Waals surface area contributed by atoms with E-state index < -0.39 is 0 Å². The number of rotatable bonds is 3. The summed E-state index contributed by atoms with van der Waals surface area (Å²) in [5, 5.41) is 0. The van der Waals surface area contributed by atoms with Crippen molar-refractivity contribution in [2.45, 2.75) is 6.92 Å². The second-order valence-corrected chi connectivity index (χ2v) is 2.85. The van der Waals surface area contributed by atoms with Crippen molar-refractivity contribution >= 4 is 5.57 Å². The lowest BCUT2D eigenvalue weighted by Crippen LogP contribution is -1.91. The van der Waals surface area contributed by atoms with E-state index in [1.807, 2.05) is 25.1 Å². The molecular formula is C11H14O2. The Morgan fingerprint density at radius 2 is 1.92 bits per heavy atom. The molecule has 0 aliphatic carbocycles. The van der Waals surface area contributed by atoms with Gasteiger partial charge in [0.15, 0.2) is 0 Å². The molecule has 1 aromatic rings. The minimum absolute atomic E-state index is 0.818. The van der Waals surface area contributed by atoms with E-state index in [4.69, 9.17) is 9.47 Å². The van der Waals surface area contributed by atoms with Crippen molar-refractivity contribution in [3.63, 3.8) is 0 Å². The molecule has 0 aliphatic heterocycles. The van der Waals surface area contributed by atoms with Crippen LogP contribution in [0.3, 0.4) is 0 Å². The molecule has 0 radical (unpaired) electrons. The molecule has 0 saturated carbocycles. The molecule has 0 spiro atoms. The number of methoxy groups -OCH3 is 2. The van der Waals surface area contributed by atoms with Gasteiger partial charge in [-0.2, -0.15) is 0 Å². The standard InChI is InChI=1S/C11H14O2/c1-8(2)10-7-9(12-3)5-6-11(10)13-4/h5-7H,1H2,2-4H3. The number of hydrogen-bond donors (Lipinski definition) is 0. The molecule has 0 saturated heterocycles. The summed E-state index contributed by atoms with van der Waals surface area (Å²) in [5.41, 5.74) is 1.96. The van der Waals surface area contributed by atoms with Gasteiger partial charge in [0.2, 0.25) is 0 Å². The Bertz CT molecular complexity index is 316. The van der Waals surface area contributed by atoms with Crippen LogP contribution in [0.4, 0.5) is 0 Å². The predicted octanol–water partition coefficient (Wildman–Crippen LogP) is 2.74. The monoisotopic (exact) mass is 178 g/mol. The van der Waals surface area contributed by atoms with Crippen LogP contribution in [0.15, 0.2) is 24.8 Å². The highest BCUT2D eigenvalue weighted by Crippen LogP contribution is 2.28. The van der Waals surface area contributed by atoms with Gasteiger partial charge >= 0.3 is 0 Å². The number of hydrogen-bond acceptors (Lipinski definition) is 2. The van der Waals surface area contributed by atoms with Crippen molar-refractivity contribution in [1.82, 2.24) is 0 Å². The first kappa shape index (κ1) is 9.65. The molecule has 2 heteroatoms. The van der Waals surface area contributed by atoms with Crippen LogP contribution in [0, 0.1) is 0 Å². The van der Waals surface area contributed by atoms with E-state index in [9.17, 15) is 0 Å². The summed E-state index contributed by atoms with van der Waals surface area (Å²) in [6.45, 7) is 5.82. The SMILES string of the molecule is C=C(C)c1cc(OC)ccc1OC. The first-order chi connectivity index (χ1) is 6.19. The molecule has 0 unspecified atom stereocenters. The van der Waals surface area contributed by atoms with E-state index in [-0.39, 0.29) is 0 Å². The molecule has 2 nitrogen and oxygen atoms in total. The van der Waals surface area contributed by atoms with Gasteiger partial charge in [0, 0.05) is 5.56 Å². The molecule has 70 valence electrons. The zero-order valence-corrected chi connectivity index (χ0v) is 8.26. The first-order valence-corrected chi connectivity index (χ1v) is 4.07. The summed E-state index contributed by atoms with van der Waals surface area (Å²) in [5.74, 6) is 1.65. The Labute approximate surface area is 78.8 Å². The van der Waals surface area contributed by atoms with Gasteiger partial charge in [-0.05, 0) is 30.7 Å². The topological polar surface area (TPSA) is 18.5 Å². The molecule has 0 amide bonds. The summed E-state index contributed by atoms with van der Waals surface area (Å²) in [6, 6.07) is 5.66. The normalized spacial score (nSPS) is 9.46. The summed E-state index contributed by atoms with van der Waals surface area (Å²) in [7, 11) is 3.29. The zero-order chi connectivity index (χ0) is 9.84. The van der Waals surface area contributed by atoms with Crippen LogP contribution in [0.1, 0.15) is 12.5 Å². The average molecular weight is 178 g/mol. The largest absolute Gasteiger partial charge is 0.497 e. The molecule has 0 aliphatic rings. The molecule has 0 bridgehead atoms. The second-order valence-electron chi connectivity index (χ2n) is 2.85. The maximum Gasteiger partial charge on any atom is 0.126 e. The van der Waals surface area contributed by atoms with Gasteiger partial charge in [-0.3, -0.25) is 0 Å². The molecule has 0 aromatic heterocycles. The Balaban J connectivity index is 3.18. The van der Waals surface area contributed by atoms with Crippen LogP contribution in [0.25, 0.3) is 5.57 Å². The number of ether oxygens (including phenoxy) is 2. The highest BCUT2D eigenvalue weighted by molar-refractivity contribution is 5.68. The van der Waals surface area contributed by atoms with Gasteiger partial charge in [0.1, 0.15) is 11.5 Å². The van der Waals surface area contributed by atoms with Crippen LogP contribution in [-0.2, 0) is 0 Å². The van der Waals surface area contributed by atoms with E-state index in [0.29, 0.717) is 0 Å². The minimum atomic E-state index is 0.818. The number of benzene rings is 1. The molecule has 0 N–H and O–H groups in total. The van der Waals surface area contributed by atoms with E-state index in [2.05, 4.69) is 6.58 Å². The molecule has 1 rings (SSSR count). The summed E-state index contributed by atoms with van der Waals surface area (Å²) >= 11 is 0. The van der Waals surface area contributed by atoms with Gasteiger partial charge in [0.25, 0.3) is 0 Å². The van der Waals surface area contributed by atoms with E-state index >= 15 is 0 Å². The van der Waals surface area contributed by atoms with Crippen molar-refractivity contribution in [1.29, 1.82) is 0 Å². The molecular weight excluding hydrogens is 164 g/mol. The quantitative estimate of drug-likeness (QED) is 0.708. The van der Waals surface area contributed by atoms with Crippen molar-refractivity contribution < 1.29 is 9.47 Å². The maximum absolute atomic E-state index is 5.19. The lowest BCUT2D eigenvalue weighted by Gasteiger charge is -2.09. The fourth-order valence-electron chi connectivity index (χ4n) is 1.15. The Morgan fingerprint density at radius 3 is 2.38 bits per heavy atom. The third-order valence-corrected chi connectivity index (χ3v) is 1.87. The third-order valence-electron chi connectivity index (χ3n) is 1.87. The van der Waals surface area contributed by atoms with Crippen molar-refractivity contribution in [2.75, 3.05) is 14.2 Å². The average Bonchev–Trinajstić information content (AvgIpc) is 2.16. The van der Waals surface area contributed by atoms with E-state index in [1.54, 1.807) is 14.2 Å². The Hall–Kier alpha value is -1.44. The zero-order valence-electron chi connectivity index (χ0n) is 8.26. The lowest BCUT2D eigenvalue weighted by atomic mass is 10.1. The van der Waals surface area contributed by atoms with Gasteiger partial charge < -0.3 is 9.47 Å². The molecule has 0 fully saturated rings. The van der Waals surface area contributed by atoms with Crippen LogP contribution >= 0.6 is 0 Å². The van der Waals surface area contributed by atoms with Crippen LogP contribution < -0.4 is 9.47 Å². The van der Waals surface area contributed by atoms with Crippen molar-refractivity contribution in [3.05, 3.63) is 30.3 Å². The summed E-state index contributed by atoms with van der Waals surface area (Å²) in [4.78, 5) is 0. The summed E-state index contributed by atoms with van der Waals surface area (Å²) in [6.07, 6.45) is 0. The third kappa shape index (κ3) is 2.02. The highest BCUT2D eigenvalue weighted by atomic mass is 16.5. The van der Waals surface area contributed by atoms with Gasteiger partial charge in [-0.25, -0.2) is 0 Å². The maximum atomic E-state index is 5.19.